The molecule has 1 N–H and O–H groups in total. The highest BCUT2D eigenvalue weighted by molar-refractivity contribution is 5.54. The molecule has 120 valence electrons. The van der Waals surface area contributed by atoms with Gasteiger partial charge in [-0.2, -0.15) is 9.68 Å². The summed E-state index contributed by atoms with van der Waals surface area (Å²) < 4.78 is 0. The third-order valence-electron chi connectivity index (χ3n) is 3.24. The van der Waals surface area contributed by atoms with Crippen LogP contribution < -0.4 is 10.1 Å². The Morgan fingerprint density at radius 3 is 3.04 bits per heavy atom. The molecular weight excluding hydrogens is 306 g/mol. The Morgan fingerprint density at radius 2 is 2.26 bits per heavy atom. The monoisotopic (exact) mass is 320 g/mol. The maximum Gasteiger partial charge on any atom is 0.431 e. The lowest BCUT2D eigenvalue weighted by molar-refractivity contribution is -1.46. The molecule has 0 saturated heterocycles. The number of benzene rings is 1. The van der Waals surface area contributed by atoms with Crippen molar-refractivity contribution in [1.29, 1.82) is 0 Å². The van der Waals surface area contributed by atoms with Crippen molar-refractivity contribution in [2.75, 3.05) is 5.23 Å². The Kier molecular flexibility index (Phi) is 3.98. The first-order chi connectivity index (χ1) is 11.1. The van der Waals surface area contributed by atoms with Crippen molar-refractivity contribution in [3.05, 3.63) is 64.8 Å². The number of allylic oxidation sites excluding steroid dienone is 5. The predicted molar refractivity (Wildman–Crippen MR) is 76.2 cm³/mol. The van der Waals surface area contributed by atoms with Gasteiger partial charge in [0.05, 0.1) is 4.94 Å². The van der Waals surface area contributed by atoms with Crippen LogP contribution in [0.3, 0.4) is 0 Å². The van der Waals surface area contributed by atoms with Gasteiger partial charge in [-0.15, -0.1) is 4.91 Å². The second-order valence-electron chi connectivity index (χ2n) is 4.75. The smallest absolute Gasteiger partial charge is 0.259 e. The Balaban J connectivity index is 1.87. The summed E-state index contributed by atoms with van der Waals surface area (Å²) in [5, 5.41) is 10.9. The fourth-order valence-corrected chi connectivity index (χ4v) is 2.05. The first-order valence-electron chi connectivity index (χ1n) is 6.72. The lowest BCUT2D eigenvalue weighted by Crippen LogP contribution is -2.54. The zero-order valence-electron chi connectivity index (χ0n) is 12.2. The zero-order valence-corrected chi connectivity index (χ0v) is 12.2. The van der Waals surface area contributed by atoms with Gasteiger partial charge in [-0.3, -0.25) is 5.21 Å². The number of nitrogens with zero attached hydrogens (tertiary/aromatic N) is 3. The predicted octanol–water partition coefficient (Wildman–Crippen LogP) is 3.19. The van der Waals surface area contributed by atoms with Crippen molar-refractivity contribution in [2.45, 2.75) is 13.3 Å². The van der Waals surface area contributed by atoms with Gasteiger partial charge >= 0.3 is 5.14 Å². The molecule has 0 radical (unpaired) electrons. The molecule has 0 spiro atoms. The highest BCUT2D eigenvalue weighted by atomic mass is 17.5. The van der Waals surface area contributed by atoms with Crippen LogP contribution in [-0.4, -0.2) is 10.3 Å². The minimum absolute atomic E-state index is 0.166. The van der Waals surface area contributed by atoms with Gasteiger partial charge in [0.15, 0.2) is 11.9 Å². The molecule has 1 atom stereocenters. The molecule has 9 nitrogen and oxygen atoms in total. The van der Waals surface area contributed by atoms with Gasteiger partial charge in [0.25, 0.3) is 0 Å². The average molecular weight is 320 g/mol. The molecule has 0 saturated carbocycles. The van der Waals surface area contributed by atoms with Crippen molar-refractivity contribution >= 4 is 5.69 Å². The van der Waals surface area contributed by atoms with Crippen LogP contribution in [0.1, 0.15) is 13.3 Å². The van der Waals surface area contributed by atoms with Gasteiger partial charge in [0.2, 0.25) is 11.1 Å². The minimum Gasteiger partial charge on any atom is -0.259 e. The van der Waals surface area contributed by atoms with E-state index < -0.39 is 5.14 Å². The van der Waals surface area contributed by atoms with Crippen molar-refractivity contribution in [3.8, 4) is 5.75 Å². The molecular formula is C14H14N3O6+. The number of hydrogen-bond donors (Lipinski definition) is 1. The number of hydrogen-bond acceptors (Lipinski definition) is 8. The van der Waals surface area contributed by atoms with E-state index in [0.29, 0.717) is 11.6 Å². The van der Waals surface area contributed by atoms with Crippen molar-refractivity contribution in [2.24, 2.45) is 5.34 Å². The normalized spacial score (nSPS) is 24.5. The summed E-state index contributed by atoms with van der Waals surface area (Å²) >= 11 is 0. The van der Waals surface area contributed by atoms with E-state index in [-0.39, 0.29) is 11.4 Å². The summed E-state index contributed by atoms with van der Waals surface area (Å²) in [7, 11) is 0. The Bertz CT molecular complexity index is 702. The second-order valence-corrected chi connectivity index (χ2v) is 4.75. The van der Waals surface area contributed by atoms with Crippen LogP contribution in [-0.2, 0) is 14.7 Å². The molecule has 0 fully saturated rings. The SMILES string of the molecule is CC1=CC=CC/C1=C/O[N+]1(ON=O)Oc2ccccc2N(O)O1. The maximum absolute atomic E-state index is 10.5. The summed E-state index contributed by atoms with van der Waals surface area (Å²) in [4.78, 5) is 30.6. The molecule has 1 heterocycles. The van der Waals surface area contributed by atoms with E-state index in [0.717, 1.165) is 11.1 Å². The molecule has 0 amide bonds. The average Bonchev–Trinajstić information content (AvgIpc) is 2.54. The van der Waals surface area contributed by atoms with Crippen LogP contribution in [0.15, 0.2) is 65.2 Å². The number of quaternary nitrogens is 1. The van der Waals surface area contributed by atoms with Crippen LogP contribution >= 0.6 is 0 Å². The van der Waals surface area contributed by atoms with Gasteiger partial charge in [-0.05, 0) is 36.0 Å². The van der Waals surface area contributed by atoms with Crippen molar-refractivity contribution in [1.82, 2.24) is 0 Å². The van der Waals surface area contributed by atoms with E-state index in [4.69, 9.17) is 14.6 Å². The lowest BCUT2D eigenvalue weighted by atomic mass is 10.0. The van der Waals surface area contributed by atoms with Gasteiger partial charge in [0, 0.05) is 5.57 Å². The van der Waals surface area contributed by atoms with Crippen molar-refractivity contribution in [3.63, 3.8) is 0 Å². The topological polar surface area (TPSA) is 89.8 Å². The molecule has 1 aromatic carbocycles. The van der Waals surface area contributed by atoms with E-state index >= 15 is 0 Å². The zero-order chi connectivity index (χ0) is 16.3. The molecule has 2 aliphatic rings. The summed E-state index contributed by atoms with van der Waals surface area (Å²) in [5.41, 5.74) is 1.99. The molecule has 1 aliphatic heterocycles. The highest BCUT2D eigenvalue weighted by Gasteiger charge is 2.52. The minimum atomic E-state index is -1.59. The van der Waals surface area contributed by atoms with Crippen molar-refractivity contribution < 1.29 is 29.9 Å². The number of rotatable bonds is 4. The van der Waals surface area contributed by atoms with E-state index in [2.05, 4.69) is 10.3 Å². The van der Waals surface area contributed by atoms with Crippen LogP contribution in [0.5, 0.6) is 5.75 Å². The van der Waals surface area contributed by atoms with E-state index in [1.807, 2.05) is 25.2 Å². The molecule has 9 heteroatoms. The molecule has 1 unspecified atom stereocenters. The molecule has 0 aromatic heterocycles. The van der Waals surface area contributed by atoms with Gasteiger partial charge in [-0.25, -0.2) is 0 Å². The molecule has 1 aromatic rings. The summed E-state index contributed by atoms with van der Waals surface area (Å²) in [6, 6.07) is 6.40. The van der Waals surface area contributed by atoms with Crippen LogP contribution in [0.2, 0.25) is 0 Å². The van der Waals surface area contributed by atoms with E-state index in [1.54, 1.807) is 12.1 Å². The fraction of sp³-hybridized carbons (Fsp3) is 0.143. The van der Waals surface area contributed by atoms with Gasteiger partial charge < -0.3 is 0 Å². The lowest BCUT2D eigenvalue weighted by Gasteiger charge is -2.28. The standard InChI is InChI=1S/C14H14N3O6/c1-11-6-2-3-7-12(11)10-20-17(22-15-18)21-14-9-5-4-8-13(14)16(19)23-17/h2-6,8-10,19H,7H2,1H3/q+1/b12-10-. The first-order valence-corrected chi connectivity index (χ1v) is 6.72. The number of anilines is 1. The number of fused-ring (bicyclic) bond motifs is 1. The molecule has 0 bridgehead atoms. The third-order valence-corrected chi connectivity index (χ3v) is 3.24. The third kappa shape index (κ3) is 3.01. The van der Waals surface area contributed by atoms with E-state index in [9.17, 15) is 10.1 Å². The number of para-hydroxylation sites is 2. The maximum atomic E-state index is 10.5. The first kappa shape index (κ1) is 15.0. The Labute approximate surface area is 131 Å². The highest BCUT2D eigenvalue weighted by Crippen LogP contribution is 2.36. The summed E-state index contributed by atoms with van der Waals surface area (Å²) in [6.07, 6.45) is 7.67. The molecule has 3 rings (SSSR count). The summed E-state index contributed by atoms with van der Waals surface area (Å²) in [5.74, 6) is 0.166. The Hall–Kier alpha value is -2.88. The largest absolute Gasteiger partial charge is 0.431 e. The van der Waals surface area contributed by atoms with Gasteiger partial charge in [-0.1, -0.05) is 35.6 Å². The Morgan fingerprint density at radius 1 is 1.43 bits per heavy atom. The molecule has 23 heavy (non-hydrogen) atoms. The van der Waals surface area contributed by atoms with Gasteiger partial charge in [0.1, 0.15) is 0 Å². The van der Waals surface area contributed by atoms with Crippen LogP contribution in [0, 0.1) is 4.91 Å². The molecule has 1 aliphatic carbocycles. The summed E-state index contributed by atoms with van der Waals surface area (Å²) in [6.45, 7) is 1.90. The quantitative estimate of drug-likeness (QED) is 0.394. The second kappa shape index (κ2) is 6.08. The van der Waals surface area contributed by atoms with E-state index in [1.165, 1.54) is 18.4 Å². The fourth-order valence-electron chi connectivity index (χ4n) is 2.05. The van der Waals surface area contributed by atoms with Crippen LogP contribution in [0.4, 0.5) is 5.69 Å². The van der Waals surface area contributed by atoms with Crippen LogP contribution in [0.25, 0.3) is 0 Å².